The predicted molar refractivity (Wildman–Crippen MR) is 54.5 cm³/mol. The second-order valence-electron chi connectivity index (χ2n) is 4.58. The van der Waals surface area contributed by atoms with E-state index in [2.05, 4.69) is 18.9 Å². The van der Waals surface area contributed by atoms with Crippen molar-refractivity contribution in [1.82, 2.24) is 4.90 Å². The van der Waals surface area contributed by atoms with Crippen LogP contribution in [-0.4, -0.2) is 42.3 Å². The summed E-state index contributed by atoms with van der Waals surface area (Å²) in [5, 5.41) is 8.76. The first-order valence-corrected chi connectivity index (χ1v) is 5.14. The first-order chi connectivity index (χ1) is 6.06. The van der Waals surface area contributed by atoms with Crippen LogP contribution in [-0.2, 0) is 0 Å². The quantitative estimate of drug-likeness (QED) is 0.669. The molecule has 0 aromatic rings. The van der Waals surface area contributed by atoms with Gasteiger partial charge in [0.2, 0.25) is 0 Å². The lowest BCUT2D eigenvalue weighted by atomic mass is 9.82. The van der Waals surface area contributed by atoms with Crippen molar-refractivity contribution in [2.45, 2.75) is 31.7 Å². The van der Waals surface area contributed by atoms with Crippen LogP contribution < -0.4 is 5.73 Å². The van der Waals surface area contributed by atoms with E-state index in [1.165, 1.54) is 6.42 Å². The Bertz CT molecular complexity index is 159. The van der Waals surface area contributed by atoms with Crippen LogP contribution in [0.25, 0.3) is 0 Å². The van der Waals surface area contributed by atoms with Crippen molar-refractivity contribution < 1.29 is 5.11 Å². The van der Waals surface area contributed by atoms with Gasteiger partial charge in [0.05, 0.1) is 0 Å². The van der Waals surface area contributed by atoms with Gasteiger partial charge in [0.25, 0.3) is 0 Å². The Morgan fingerprint density at radius 1 is 1.62 bits per heavy atom. The maximum Gasteiger partial charge on any atom is 0.0431 e. The molecule has 78 valence electrons. The maximum atomic E-state index is 8.76. The molecule has 13 heavy (non-hydrogen) atoms. The van der Waals surface area contributed by atoms with E-state index in [0.29, 0.717) is 5.92 Å². The zero-order valence-corrected chi connectivity index (χ0v) is 8.79. The molecule has 0 aromatic carbocycles. The molecule has 2 unspecified atom stereocenters. The molecule has 1 heterocycles. The molecule has 1 aliphatic rings. The van der Waals surface area contributed by atoms with Gasteiger partial charge in [0.1, 0.15) is 0 Å². The number of likely N-dealkylation sites (tertiary alicyclic amines) is 1. The third-order valence-corrected chi connectivity index (χ3v) is 3.20. The van der Waals surface area contributed by atoms with Crippen molar-refractivity contribution >= 4 is 0 Å². The molecule has 0 aromatic heterocycles. The average molecular weight is 186 g/mol. The molecule has 0 radical (unpaired) electrons. The summed E-state index contributed by atoms with van der Waals surface area (Å²) < 4.78 is 0. The van der Waals surface area contributed by atoms with E-state index in [1.807, 2.05) is 0 Å². The van der Waals surface area contributed by atoms with Gasteiger partial charge in [0.15, 0.2) is 0 Å². The zero-order chi connectivity index (χ0) is 9.90. The van der Waals surface area contributed by atoms with Gasteiger partial charge in [-0.2, -0.15) is 0 Å². The van der Waals surface area contributed by atoms with Crippen LogP contribution in [0.1, 0.15) is 26.2 Å². The molecule has 0 amide bonds. The molecule has 1 saturated heterocycles. The zero-order valence-electron chi connectivity index (χ0n) is 8.79. The Balaban J connectivity index is 2.39. The van der Waals surface area contributed by atoms with Gasteiger partial charge in [-0.15, -0.1) is 0 Å². The Kier molecular flexibility index (Phi) is 3.71. The van der Waals surface area contributed by atoms with E-state index in [9.17, 15) is 0 Å². The molecule has 0 aliphatic carbocycles. The third kappa shape index (κ3) is 2.93. The van der Waals surface area contributed by atoms with Crippen LogP contribution in [0, 0.1) is 5.92 Å². The number of nitrogens with zero attached hydrogens (tertiary/aromatic N) is 1. The molecular weight excluding hydrogens is 164 g/mol. The number of rotatable bonds is 4. The molecule has 0 saturated carbocycles. The van der Waals surface area contributed by atoms with Crippen LogP contribution in [0.15, 0.2) is 0 Å². The molecule has 1 aliphatic heterocycles. The maximum absolute atomic E-state index is 8.76. The van der Waals surface area contributed by atoms with Gasteiger partial charge in [-0.3, -0.25) is 0 Å². The summed E-state index contributed by atoms with van der Waals surface area (Å²) in [6.07, 6.45) is 2.96. The summed E-state index contributed by atoms with van der Waals surface area (Å²) in [6, 6.07) is 0. The molecular formula is C10H22N2O. The second-order valence-corrected chi connectivity index (χ2v) is 4.58. The lowest BCUT2D eigenvalue weighted by molar-refractivity contribution is 0.227. The summed E-state index contributed by atoms with van der Waals surface area (Å²) in [5.41, 5.74) is 6.14. The number of hydrogen-bond donors (Lipinski definition) is 2. The van der Waals surface area contributed by atoms with Crippen LogP contribution in [0.2, 0.25) is 0 Å². The van der Waals surface area contributed by atoms with Crippen molar-refractivity contribution in [2.75, 3.05) is 26.7 Å². The molecule has 3 heteroatoms. The normalized spacial score (nSPS) is 29.1. The third-order valence-electron chi connectivity index (χ3n) is 3.20. The number of aliphatic hydroxyl groups is 1. The van der Waals surface area contributed by atoms with Gasteiger partial charge in [0, 0.05) is 18.7 Å². The van der Waals surface area contributed by atoms with E-state index < -0.39 is 0 Å². The van der Waals surface area contributed by atoms with Crippen molar-refractivity contribution in [1.29, 1.82) is 0 Å². The summed E-state index contributed by atoms with van der Waals surface area (Å²) >= 11 is 0. The fraction of sp³-hybridized carbons (Fsp3) is 1.00. The molecule has 0 bridgehead atoms. The van der Waals surface area contributed by atoms with Crippen LogP contribution in [0.3, 0.4) is 0 Å². The molecule has 2 atom stereocenters. The molecule has 3 N–H and O–H groups in total. The molecule has 3 nitrogen and oxygen atoms in total. The summed E-state index contributed by atoms with van der Waals surface area (Å²) in [6.45, 7) is 4.65. The minimum absolute atomic E-state index is 0.0898. The smallest absolute Gasteiger partial charge is 0.0431 e. The molecule has 0 spiro atoms. The molecule has 1 fully saturated rings. The standard InChI is InChI=1S/C10H22N2O/c1-10(11,5-3-7-13)9-4-6-12(2)8-9/h9,13H,3-8,11H2,1-2H3. The topological polar surface area (TPSA) is 49.5 Å². The van der Waals surface area contributed by atoms with E-state index in [4.69, 9.17) is 10.8 Å². The summed E-state index contributed by atoms with van der Waals surface area (Å²) in [5.74, 6) is 0.601. The lowest BCUT2D eigenvalue weighted by Gasteiger charge is -2.31. The van der Waals surface area contributed by atoms with Crippen molar-refractivity contribution in [2.24, 2.45) is 11.7 Å². The van der Waals surface area contributed by atoms with E-state index in [0.717, 1.165) is 25.9 Å². The highest BCUT2D eigenvalue weighted by molar-refractivity contribution is 4.91. The minimum Gasteiger partial charge on any atom is -0.396 e. The van der Waals surface area contributed by atoms with Gasteiger partial charge in [-0.1, -0.05) is 0 Å². The first kappa shape index (κ1) is 11.0. The van der Waals surface area contributed by atoms with E-state index in [1.54, 1.807) is 0 Å². The fourth-order valence-electron chi connectivity index (χ4n) is 2.14. The summed E-state index contributed by atoms with van der Waals surface area (Å²) in [7, 11) is 2.14. The SMILES string of the molecule is CN1CCC(C(C)(N)CCCO)C1. The number of nitrogens with two attached hydrogens (primary N) is 1. The van der Waals surface area contributed by atoms with Crippen molar-refractivity contribution in [3.63, 3.8) is 0 Å². The average Bonchev–Trinajstić information content (AvgIpc) is 2.49. The van der Waals surface area contributed by atoms with Gasteiger partial charge >= 0.3 is 0 Å². The number of hydrogen-bond acceptors (Lipinski definition) is 3. The predicted octanol–water partition coefficient (Wildman–Crippen LogP) is 0.428. The fourth-order valence-corrected chi connectivity index (χ4v) is 2.14. The monoisotopic (exact) mass is 186 g/mol. The molecule has 1 rings (SSSR count). The van der Waals surface area contributed by atoms with E-state index in [-0.39, 0.29) is 12.1 Å². The Hall–Kier alpha value is -0.120. The van der Waals surface area contributed by atoms with Crippen molar-refractivity contribution in [3.05, 3.63) is 0 Å². The van der Waals surface area contributed by atoms with Gasteiger partial charge in [-0.05, 0) is 45.7 Å². The van der Waals surface area contributed by atoms with Gasteiger partial charge < -0.3 is 15.7 Å². The minimum atomic E-state index is -0.0898. The lowest BCUT2D eigenvalue weighted by Crippen LogP contribution is -2.45. The van der Waals surface area contributed by atoms with Crippen LogP contribution in [0.4, 0.5) is 0 Å². The highest BCUT2D eigenvalue weighted by Crippen LogP contribution is 2.28. The van der Waals surface area contributed by atoms with Crippen LogP contribution >= 0.6 is 0 Å². The Morgan fingerprint density at radius 2 is 2.31 bits per heavy atom. The highest BCUT2D eigenvalue weighted by Gasteiger charge is 2.33. The second kappa shape index (κ2) is 4.40. The Labute approximate surface area is 80.9 Å². The number of aliphatic hydroxyl groups excluding tert-OH is 1. The summed E-state index contributed by atoms with van der Waals surface area (Å²) in [4.78, 5) is 2.33. The van der Waals surface area contributed by atoms with Crippen LogP contribution in [0.5, 0.6) is 0 Å². The van der Waals surface area contributed by atoms with Crippen molar-refractivity contribution in [3.8, 4) is 0 Å². The first-order valence-electron chi connectivity index (χ1n) is 5.14. The largest absolute Gasteiger partial charge is 0.396 e. The highest BCUT2D eigenvalue weighted by atomic mass is 16.2. The Morgan fingerprint density at radius 3 is 2.77 bits per heavy atom. The van der Waals surface area contributed by atoms with E-state index >= 15 is 0 Å². The van der Waals surface area contributed by atoms with Gasteiger partial charge in [-0.25, -0.2) is 0 Å².